The highest BCUT2D eigenvalue weighted by Crippen LogP contribution is 2.26. The fourth-order valence-electron chi connectivity index (χ4n) is 1.49. The van der Waals surface area contributed by atoms with Crippen LogP contribution in [0.5, 0.6) is 0 Å². The number of hydrogen-bond acceptors (Lipinski definition) is 3. The Morgan fingerprint density at radius 1 is 1.44 bits per heavy atom. The van der Waals surface area contributed by atoms with Crippen molar-refractivity contribution in [2.75, 3.05) is 0 Å². The number of benzene rings is 1. The number of halogens is 1. The Morgan fingerprint density at radius 3 is 2.88 bits per heavy atom. The minimum absolute atomic E-state index is 0.0733. The van der Waals surface area contributed by atoms with Gasteiger partial charge in [-0.3, -0.25) is 0 Å². The van der Waals surface area contributed by atoms with Crippen LogP contribution in [0.1, 0.15) is 12.6 Å². The maximum atomic E-state index is 6.05. The lowest BCUT2D eigenvalue weighted by Gasteiger charge is -1.99. The molecule has 4 heteroatoms. The summed E-state index contributed by atoms with van der Waals surface area (Å²) in [6.07, 6.45) is 2.33. The van der Waals surface area contributed by atoms with Crippen LogP contribution in [0.2, 0.25) is 5.02 Å². The normalized spacial score (nSPS) is 12.7. The molecule has 0 radical (unpaired) electrons. The second kappa shape index (κ2) is 4.68. The number of hydrogen-bond donors (Lipinski definition) is 1. The summed E-state index contributed by atoms with van der Waals surface area (Å²) in [4.78, 5) is 4.35. The Balaban J connectivity index is 2.28. The lowest BCUT2D eigenvalue weighted by molar-refractivity contribution is 0.571. The van der Waals surface area contributed by atoms with E-state index in [0.29, 0.717) is 17.3 Å². The molecule has 16 heavy (non-hydrogen) atoms. The first-order valence-electron chi connectivity index (χ1n) is 5.11. The molecule has 0 aliphatic rings. The second-order valence-corrected chi connectivity index (χ2v) is 4.21. The first kappa shape index (κ1) is 11.2. The molecular weight excluding hydrogens is 224 g/mol. The van der Waals surface area contributed by atoms with E-state index in [4.69, 9.17) is 21.8 Å². The van der Waals surface area contributed by atoms with Gasteiger partial charge in [0, 0.05) is 12.5 Å². The number of nitrogens with two attached hydrogens (primary N) is 1. The molecule has 0 fully saturated rings. The Labute approximate surface area is 99.2 Å². The summed E-state index contributed by atoms with van der Waals surface area (Å²) in [6, 6.07) is 7.54. The fourth-order valence-corrected chi connectivity index (χ4v) is 1.71. The van der Waals surface area contributed by atoms with Gasteiger partial charge in [0.1, 0.15) is 6.26 Å². The van der Waals surface area contributed by atoms with Gasteiger partial charge in [-0.15, -0.1) is 0 Å². The number of nitrogens with zero attached hydrogens (tertiary/aromatic N) is 1. The Kier molecular flexibility index (Phi) is 3.27. The lowest BCUT2D eigenvalue weighted by atomic mass is 10.2. The van der Waals surface area contributed by atoms with E-state index < -0.39 is 0 Å². The van der Waals surface area contributed by atoms with Crippen molar-refractivity contribution in [3.63, 3.8) is 0 Å². The topological polar surface area (TPSA) is 52.0 Å². The van der Waals surface area contributed by atoms with E-state index in [-0.39, 0.29) is 6.04 Å². The number of rotatable bonds is 3. The zero-order chi connectivity index (χ0) is 11.5. The number of aromatic nitrogens is 1. The highest BCUT2D eigenvalue weighted by Gasteiger charge is 2.10. The van der Waals surface area contributed by atoms with Gasteiger partial charge >= 0.3 is 0 Å². The number of oxazole rings is 1. The first-order valence-corrected chi connectivity index (χ1v) is 5.49. The predicted octanol–water partition coefficient (Wildman–Crippen LogP) is 2.88. The van der Waals surface area contributed by atoms with Crippen molar-refractivity contribution in [2.24, 2.45) is 5.73 Å². The van der Waals surface area contributed by atoms with Crippen molar-refractivity contribution in [1.82, 2.24) is 4.98 Å². The third kappa shape index (κ3) is 2.43. The third-order valence-electron chi connectivity index (χ3n) is 2.19. The van der Waals surface area contributed by atoms with Crippen LogP contribution in [0.25, 0.3) is 11.5 Å². The van der Waals surface area contributed by atoms with Crippen LogP contribution in [-0.2, 0) is 6.42 Å². The van der Waals surface area contributed by atoms with E-state index in [1.807, 2.05) is 31.2 Å². The standard InChI is InChI=1S/C12H13ClN2O/c1-8(14)6-9-7-16-12(15-9)10-4-2-3-5-11(10)13/h2-5,7-8H,6,14H2,1H3. The van der Waals surface area contributed by atoms with Gasteiger partial charge in [0.25, 0.3) is 0 Å². The molecule has 2 rings (SSSR count). The molecule has 2 aromatic rings. The zero-order valence-electron chi connectivity index (χ0n) is 8.98. The van der Waals surface area contributed by atoms with Gasteiger partial charge in [-0.1, -0.05) is 23.7 Å². The Morgan fingerprint density at radius 2 is 2.19 bits per heavy atom. The average molecular weight is 237 g/mol. The highest BCUT2D eigenvalue weighted by molar-refractivity contribution is 6.33. The Bertz CT molecular complexity index is 479. The molecule has 0 bridgehead atoms. The van der Waals surface area contributed by atoms with Crippen LogP contribution >= 0.6 is 11.6 Å². The minimum Gasteiger partial charge on any atom is -0.444 e. The van der Waals surface area contributed by atoms with Crippen molar-refractivity contribution in [2.45, 2.75) is 19.4 Å². The molecule has 0 aliphatic carbocycles. The molecular formula is C12H13ClN2O. The zero-order valence-corrected chi connectivity index (χ0v) is 9.74. The molecule has 0 amide bonds. The van der Waals surface area contributed by atoms with Crippen molar-refractivity contribution < 1.29 is 4.42 Å². The van der Waals surface area contributed by atoms with Gasteiger partial charge < -0.3 is 10.2 Å². The van der Waals surface area contributed by atoms with Gasteiger partial charge in [0.05, 0.1) is 16.3 Å². The molecule has 3 nitrogen and oxygen atoms in total. The van der Waals surface area contributed by atoms with E-state index in [0.717, 1.165) is 11.3 Å². The van der Waals surface area contributed by atoms with Crippen LogP contribution in [0.4, 0.5) is 0 Å². The van der Waals surface area contributed by atoms with Gasteiger partial charge in [0.15, 0.2) is 0 Å². The van der Waals surface area contributed by atoms with Crippen molar-refractivity contribution >= 4 is 11.6 Å². The van der Waals surface area contributed by atoms with Crippen LogP contribution in [0.15, 0.2) is 34.9 Å². The smallest absolute Gasteiger partial charge is 0.227 e. The summed E-state index contributed by atoms with van der Waals surface area (Å²) < 4.78 is 5.38. The summed E-state index contributed by atoms with van der Waals surface area (Å²) >= 11 is 6.05. The van der Waals surface area contributed by atoms with E-state index >= 15 is 0 Å². The second-order valence-electron chi connectivity index (χ2n) is 3.81. The highest BCUT2D eigenvalue weighted by atomic mass is 35.5. The van der Waals surface area contributed by atoms with Crippen molar-refractivity contribution in [1.29, 1.82) is 0 Å². The summed E-state index contributed by atoms with van der Waals surface area (Å²) in [5, 5.41) is 0.636. The van der Waals surface area contributed by atoms with Crippen LogP contribution in [0, 0.1) is 0 Å². The summed E-state index contributed by atoms with van der Waals surface area (Å²) in [7, 11) is 0. The largest absolute Gasteiger partial charge is 0.444 e. The predicted molar refractivity (Wildman–Crippen MR) is 64.3 cm³/mol. The SMILES string of the molecule is CC(N)Cc1coc(-c2ccccc2Cl)n1. The minimum atomic E-state index is 0.0733. The lowest BCUT2D eigenvalue weighted by Crippen LogP contribution is -2.17. The molecule has 1 unspecified atom stereocenters. The fraction of sp³-hybridized carbons (Fsp3) is 0.250. The molecule has 1 heterocycles. The van der Waals surface area contributed by atoms with Gasteiger partial charge in [-0.2, -0.15) is 0 Å². The van der Waals surface area contributed by atoms with Crippen LogP contribution < -0.4 is 5.73 Å². The molecule has 2 N–H and O–H groups in total. The maximum absolute atomic E-state index is 6.05. The summed E-state index contributed by atoms with van der Waals surface area (Å²) in [5.74, 6) is 0.543. The quantitative estimate of drug-likeness (QED) is 0.892. The average Bonchev–Trinajstić information content (AvgIpc) is 2.66. The molecule has 0 aliphatic heterocycles. The van der Waals surface area contributed by atoms with Crippen LogP contribution in [-0.4, -0.2) is 11.0 Å². The molecule has 1 atom stereocenters. The first-order chi connectivity index (χ1) is 7.66. The van der Waals surface area contributed by atoms with E-state index in [9.17, 15) is 0 Å². The molecule has 0 spiro atoms. The van der Waals surface area contributed by atoms with Gasteiger partial charge in [0.2, 0.25) is 5.89 Å². The molecule has 0 saturated carbocycles. The van der Waals surface area contributed by atoms with Crippen molar-refractivity contribution in [3.05, 3.63) is 41.2 Å². The van der Waals surface area contributed by atoms with E-state index in [1.165, 1.54) is 0 Å². The molecule has 1 aromatic heterocycles. The van der Waals surface area contributed by atoms with E-state index in [2.05, 4.69) is 4.98 Å². The van der Waals surface area contributed by atoms with Crippen LogP contribution in [0.3, 0.4) is 0 Å². The Hall–Kier alpha value is -1.32. The third-order valence-corrected chi connectivity index (χ3v) is 2.52. The summed E-state index contributed by atoms with van der Waals surface area (Å²) in [5.41, 5.74) is 7.35. The van der Waals surface area contributed by atoms with Crippen molar-refractivity contribution in [3.8, 4) is 11.5 Å². The molecule has 1 aromatic carbocycles. The maximum Gasteiger partial charge on any atom is 0.227 e. The molecule has 84 valence electrons. The van der Waals surface area contributed by atoms with Gasteiger partial charge in [-0.05, 0) is 19.1 Å². The molecule has 0 saturated heterocycles. The summed E-state index contributed by atoms with van der Waals surface area (Å²) in [6.45, 7) is 1.93. The monoisotopic (exact) mass is 236 g/mol. The van der Waals surface area contributed by atoms with Gasteiger partial charge in [-0.25, -0.2) is 4.98 Å². The van der Waals surface area contributed by atoms with E-state index in [1.54, 1.807) is 6.26 Å².